The number of fused-ring (bicyclic) bond motifs is 3. The minimum absolute atomic E-state index is 0.0848. The van der Waals surface area contributed by atoms with Gasteiger partial charge in [-0.15, -0.1) is 0 Å². The van der Waals surface area contributed by atoms with E-state index in [1.165, 1.54) is 12.1 Å². The van der Waals surface area contributed by atoms with Crippen LogP contribution in [0.1, 0.15) is 36.0 Å². The summed E-state index contributed by atoms with van der Waals surface area (Å²) in [5, 5.41) is 6.19. The summed E-state index contributed by atoms with van der Waals surface area (Å²) in [6.07, 6.45) is 21.0. The average molecular weight is 1510 g/mol. The van der Waals surface area contributed by atoms with E-state index in [4.69, 9.17) is 21.3 Å². The number of hydrogen-bond donors (Lipinski definition) is 1. The minimum Gasteiger partial charge on any atom is -0.490 e. The second kappa shape index (κ2) is 34.2. The Labute approximate surface area is 648 Å². The predicted octanol–water partition coefficient (Wildman–Crippen LogP) is 19.2. The number of likely N-dealkylation sites (N-methyl/N-ethyl adjacent to an activating group) is 1. The van der Waals surface area contributed by atoms with Crippen LogP contribution < -0.4 is 15.0 Å². The highest BCUT2D eigenvalue weighted by atomic mass is 35.5. The summed E-state index contributed by atoms with van der Waals surface area (Å²) in [6, 6.07) is 53.5. The van der Waals surface area contributed by atoms with E-state index in [9.17, 15) is 26.7 Å². The lowest BCUT2D eigenvalue weighted by molar-refractivity contribution is 0.0977. The van der Waals surface area contributed by atoms with Crippen LogP contribution in [0, 0.1) is 29.1 Å². The molecule has 5 aromatic carbocycles. The molecule has 12 heterocycles. The van der Waals surface area contributed by atoms with Crippen molar-refractivity contribution < 1.29 is 31.5 Å². The van der Waals surface area contributed by atoms with Crippen LogP contribution >= 0.6 is 11.6 Å². The van der Waals surface area contributed by atoms with E-state index in [1.807, 2.05) is 136 Å². The molecule has 2 aliphatic heterocycles. The summed E-state index contributed by atoms with van der Waals surface area (Å²) in [6.45, 7) is 6.78. The van der Waals surface area contributed by atoms with E-state index < -0.39 is 29.1 Å². The van der Waals surface area contributed by atoms with Crippen molar-refractivity contribution >= 4 is 56.3 Å². The number of Topliss-reactive ketones (excluding diaryl/α,β-unsaturated/α-hetero) is 1. The first-order valence-corrected chi connectivity index (χ1v) is 37.1. The number of aromatic nitrogens is 10. The van der Waals surface area contributed by atoms with Gasteiger partial charge in [0.25, 0.3) is 0 Å². The number of ether oxygens (including phenoxy) is 1. The normalized spacial score (nSPS) is 13.2. The van der Waals surface area contributed by atoms with Crippen LogP contribution in [0.2, 0.25) is 5.02 Å². The maximum Gasteiger partial charge on any atom is 0.162 e. The molecule has 2 saturated heterocycles. The number of carbonyl (C=O) groups excluding carboxylic acids is 1. The summed E-state index contributed by atoms with van der Waals surface area (Å²) in [5.74, 6) is -0.627. The van der Waals surface area contributed by atoms with Gasteiger partial charge in [0, 0.05) is 177 Å². The van der Waals surface area contributed by atoms with Crippen molar-refractivity contribution in [2.75, 3.05) is 71.9 Å². The fourth-order valence-corrected chi connectivity index (χ4v) is 14.0. The summed E-state index contributed by atoms with van der Waals surface area (Å²) in [4.78, 5) is 64.5. The molecule has 0 atom stereocenters. The third-order valence-corrected chi connectivity index (χ3v) is 20.0. The lowest BCUT2D eigenvalue weighted by Crippen LogP contribution is -2.44. The van der Waals surface area contributed by atoms with Gasteiger partial charge >= 0.3 is 0 Å². The molecule has 0 saturated carbocycles. The SMILES string of the molecule is CN(C)CCCC(=O)c1cccc(-c2cncc(-c3cc(-c4cc(Cl)ccc4F)nc4ncccc34)c2)c1.CN1CCN(c2ccc(-c3cncc(-c4cc(-c5cc(F)ccc5F)nc5ncccc45)c3)cn2)CC1.Fc1ccc(F)c(-c2cc(-c3cncc(-c4ccc(OC5CCNCC5)cc4)c3)c3cccnc3n2)c1. The zero-order valence-electron chi connectivity index (χ0n) is 61.4. The van der Waals surface area contributed by atoms with Crippen molar-refractivity contribution in [3.8, 4) is 106 Å². The molecule has 2 fully saturated rings. The Morgan fingerprint density at radius 3 is 1.44 bits per heavy atom. The first kappa shape index (κ1) is 74.9. The van der Waals surface area contributed by atoms with Crippen molar-refractivity contribution in [2.45, 2.75) is 31.8 Å². The molecule has 0 radical (unpaired) electrons. The standard InChI is InChI=1S/C31H26ClFN4O.C30H24F2N4O.C29H24F2N6/c1-37(2)13-5-9-30(38)21-7-3-6-20(14-21)22-15-23(19-34-18-22)26-17-29(27-16-24(32)10-11-28(27)33)36-31-25(26)8-4-12-35-31;31-22-5-8-28(32)27(15-22)29-16-26(25-2-1-11-35-30(25)36-29)21-14-20(17-34-18-21)19-3-6-23(7-4-19)37-24-9-12-33-13-10-24;1-36-9-11-37(12-10-36)28-7-4-19(18-34-28)20-13-21(17-32-16-20)24-15-27(25-14-22(30)5-6-26(25)31)35-29-23(24)3-2-8-33-29/h3-4,6-8,10-12,14-19H,5,9,13H2,1-2H3;1-8,11,14-18,24,33H,9-10,12-13H2;2-8,13-18H,9-12H2,1H3. The van der Waals surface area contributed by atoms with Gasteiger partial charge in [0.1, 0.15) is 46.8 Å². The van der Waals surface area contributed by atoms with Crippen LogP contribution in [-0.4, -0.2) is 138 Å². The molecule has 2 aliphatic rings. The van der Waals surface area contributed by atoms with Gasteiger partial charge in [0.2, 0.25) is 0 Å². The fourth-order valence-electron chi connectivity index (χ4n) is 13.8. The molecule has 0 unspecified atom stereocenters. The van der Waals surface area contributed by atoms with E-state index >= 15 is 0 Å². The van der Waals surface area contributed by atoms with Gasteiger partial charge in [-0.3, -0.25) is 19.7 Å². The number of piperidine rings is 1. The quantitative estimate of drug-likeness (QED) is 0.0672. The number of rotatable bonds is 17. The van der Waals surface area contributed by atoms with Gasteiger partial charge in [0.15, 0.2) is 22.7 Å². The van der Waals surface area contributed by atoms with Gasteiger partial charge in [-0.25, -0.2) is 56.8 Å². The first-order chi connectivity index (χ1) is 54.6. The summed E-state index contributed by atoms with van der Waals surface area (Å²) in [7, 11) is 6.14. The molecule has 558 valence electrons. The summed E-state index contributed by atoms with van der Waals surface area (Å²) >= 11 is 6.16. The highest BCUT2D eigenvalue weighted by Gasteiger charge is 2.22. The molecule has 0 bridgehead atoms. The van der Waals surface area contributed by atoms with Gasteiger partial charge < -0.3 is 24.8 Å². The maximum absolute atomic E-state index is 14.7. The van der Waals surface area contributed by atoms with Crippen LogP contribution in [0.3, 0.4) is 0 Å². The van der Waals surface area contributed by atoms with Crippen molar-refractivity contribution in [1.29, 1.82) is 0 Å². The van der Waals surface area contributed by atoms with Crippen molar-refractivity contribution in [3.05, 3.63) is 290 Å². The molecule has 15 aromatic rings. The van der Waals surface area contributed by atoms with E-state index in [2.05, 4.69) is 78.0 Å². The van der Waals surface area contributed by atoms with Crippen LogP contribution in [0.15, 0.2) is 250 Å². The Hall–Kier alpha value is -12.5. The van der Waals surface area contributed by atoms with Crippen molar-refractivity contribution in [1.82, 2.24) is 65.0 Å². The highest BCUT2D eigenvalue weighted by Crippen LogP contribution is 2.39. The average Bonchev–Trinajstić information content (AvgIpc) is 0.779. The molecule has 16 nitrogen and oxygen atoms in total. The maximum atomic E-state index is 14.7. The zero-order valence-corrected chi connectivity index (χ0v) is 62.2. The number of nitrogens with one attached hydrogen (secondary N) is 1. The topological polar surface area (TPSA) is 177 Å². The largest absolute Gasteiger partial charge is 0.490 e. The van der Waals surface area contributed by atoms with E-state index in [0.717, 1.165) is 196 Å². The lowest BCUT2D eigenvalue weighted by Gasteiger charge is -2.33. The van der Waals surface area contributed by atoms with Crippen LogP contribution in [0.4, 0.5) is 27.8 Å². The molecule has 112 heavy (non-hydrogen) atoms. The highest BCUT2D eigenvalue weighted by molar-refractivity contribution is 6.30. The van der Waals surface area contributed by atoms with Crippen molar-refractivity contribution in [2.24, 2.45) is 0 Å². The Balaban J connectivity index is 0.000000133. The zero-order chi connectivity index (χ0) is 77.2. The van der Waals surface area contributed by atoms with Gasteiger partial charge in [-0.1, -0.05) is 41.9 Å². The molecule has 17 rings (SSSR count). The number of hydrogen-bond acceptors (Lipinski definition) is 16. The van der Waals surface area contributed by atoms with Crippen LogP contribution in [-0.2, 0) is 0 Å². The first-order valence-electron chi connectivity index (χ1n) is 36.7. The van der Waals surface area contributed by atoms with Gasteiger partial charge in [0.05, 0.1) is 17.1 Å². The van der Waals surface area contributed by atoms with E-state index in [-0.39, 0.29) is 23.0 Å². The molecular weight excluding hydrogens is 1440 g/mol. The van der Waals surface area contributed by atoms with Gasteiger partial charge in [-0.05, 0) is 246 Å². The summed E-state index contributed by atoms with van der Waals surface area (Å²) < 4.78 is 78.0. The Kier molecular flexibility index (Phi) is 22.9. The number of pyridine rings is 10. The van der Waals surface area contributed by atoms with E-state index in [0.29, 0.717) is 56.6 Å². The molecule has 22 heteroatoms. The monoisotopic (exact) mass is 1510 g/mol. The van der Waals surface area contributed by atoms with Gasteiger partial charge in [-0.2, -0.15) is 0 Å². The molecule has 0 amide bonds. The number of anilines is 1. The Morgan fingerprint density at radius 1 is 0.464 bits per heavy atom. The van der Waals surface area contributed by atoms with Crippen LogP contribution in [0.5, 0.6) is 5.75 Å². The number of ketones is 1. The molecule has 10 aromatic heterocycles. The summed E-state index contributed by atoms with van der Waals surface area (Å²) in [5.41, 5.74) is 14.0. The Bertz CT molecular complexity index is 5930. The number of nitrogens with zero attached hydrogens (tertiary/aromatic N) is 13. The smallest absolute Gasteiger partial charge is 0.162 e. The third-order valence-electron chi connectivity index (χ3n) is 19.7. The molecule has 0 aliphatic carbocycles. The minimum atomic E-state index is -0.548. The second-order valence-electron chi connectivity index (χ2n) is 27.7. The molecule has 0 spiro atoms. The third kappa shape index (κ3) is 17.5. The number of halogens is 6. The predicted molar refractivity (Wildman–Crippen MR) is 432 cm³/mol. The van der Waals surface area contributed by atoms with Crippen LogP contribution in [0.25, 0.3) is 134 Å². The van der Waals surface area contributed by atoms with E-state index in [1.54, 1.807) is 74.0 Å². The Morgan fingerprint density at radius 2 is 0.938 bits per heavy atom. The molecular formula is C90H74ClF5N14O2. The lowest BCUT2D eigenvalue weighted by atomic mass is 9.96. The number of carbonyl (C=O) groups is 1. The number of benzene rings is 5. The fraction of sp³-hybridized carbons (Fsp3) is 0.167. The van der Waals surface area contributed by atoms with Crippen molar-refractivity contribution in [3.63, 3.8) is 0 Å². The molecule has 1 N–H and O–H groups in total. The number of piperazine rings is 1. The second-order valence-corrected chi connectivity index (χ2v) is 28.2.